The summed E-state index contributed by atoms with van der Waals surface area (Å²) >= 11 is 2.63. The fraction of sp³-hybridized carbons (Fsp3) is 1.00. The minimum Gasteiger partial charge on any atom is -0.300 e. The molecule has 1 heterocycles. The van der Waals surface area contributed by atoms with Gasteiger partial charge in [0.2, 0.25) is 0 Å². The Balaban J connectivity index is 1.59. The third-order valence-corrected chi connectivity index (χ3v) is 5.85. The van der Waals surface area contributed by atoms with Gasteiger partial charge in [-0.15, -0.1) is 0 Å². The maximum Gasteiger partial charge on any atom is 0.0197 e. The lowest BCUT2D eigenvalue weighted by Gasteiger charge is -2.25. The van der Waals surface area contributed by atoms with Gasteiger partial charge in [0.05, 0.1) is 0 Å². The molecule has 2 unspecified atom stereocenters. The van der Waals surface area contributed by atoms with Crippen LogP contribution < -0.4 is 0 Å². The number of hydrogen-bond donors (Lipinski definition) is 0. The van der Waals surface area contributed by atoms with Crippen LogP contribution in [0, 0.1) is 17.8 Å². The zero-order chi connectivity index (χ0) is 8.29. The van der Waals surface area contributed by atoms with Gasteiger partial charge in [-0.25, -0.2) is 0 Å². The van der Waals surface area contributed by atoms with Crippen LogP contribution in [-0.4, -0.2) is 28.0 Å². The number of fused-ring (bicyclic) bond motifs is 1. The molecule has 2 heteroatoms. The summed E-state index contributed by atoms with van der Waals surface area (Å²) in [7, 11) is 0. The van der Waals surface area contributed by atoms with E-state index in [0.29, 0.717) is 0 Å². The van der Waals surface area contributed by atoms with Gasteiger partial charge >= 0.3 is 0 Å². The maximum atomic E-state index is 2.74. The Labute approximate surface area is 88.0 Å². The molecule has 4 atom stereocenters. The Bertz CT molecular complexity index is 190. The van der Waals surface area contributed by atoms with Gasteiger partial charge in [-0.2, -0.15) is 0 Å². The number of alkyl halides is 1. The van der Waals surface area contributed by atoms with Crippen LogP contribution in [0.15, 0.2) is 0 Å². The van der Waals surface area contributed by atoms with E-state index in [1.54, 1.807) is 0 Å². The summed E-state index contributed by atoms with van der Waals surface area (Å²) in [5.74, 6) is 3.22. The molecule has 0 spiro atoms. The average Bonchev–Trinajstić information content (AvgIpc) is 2.94. The van der Waals surface area contributed by atoms with Crippen LogP contribution in [0.3, 0.4) is 0 Å². The third-order valence-electron chi connectivity index (χ3n) is 4.00. The standard InChI is InChI=1S/C10H16IN/c1-6(7-2-3-7)12-4-8-9(5-12)10(8)11/h6-10H,2-5H2,1H3/t6?,8-,9+,10?. The van der Waals surface area contributed by atoms with Crippen molar-refractivity contribution in [3.8, 4) is 0 Å². The smallest absolute Gasteiger partial charge is 0.0197 e. The van der Waals surface area contributed by atoms with E-state index in [4.69, 9.17) is 0 Å². The first-order chi connectivity index (χ1) is 5.77. The van der Waals surface area contributed by atoms with Crippen LogP contribution in [-0.2, 0) is 0 Å². The third kappa shape index (κ3) is 1.14. The molecule has 68 valence electrons. The fourth-order valence-corrected chi connectivity index (χ4v) is 3.98. The van der Waals surface area contributed by atoms with E-state index in [2.05, 4.69) is 34.4 Å². The molecule has 3 aliphatic rings. The lowest BCUT2D eigenvalue weighted by Crippen LogP contribution is -2.35. The predicted octanol–water partition coefficient (Wildman–Crippen LogP) is 2.15. The van der Waals surface area contributed by atoms with Crippen LogP contribution in [0.4, 0.5) is 0 Å². The molecule has 1 nitrogen and oxygen atoms in total. The van der Waals surface area contributed by atoms with Crippen molar-refractivity contribution < 1.29 is 0 Å². The molecule has 0 N–H and O–H groups in total. The fourth-order valence-electron chi connectivity index (χ4n) is 2.70. The molecule has 1 aliphatic heterocycles. The van der Waals surface area contributed by atoms with E-state index >= 15 is 0 Å². The molecule has 2 aliphatic carbocycles. The molecule has 0 aromatic heterocycles. The van der Waals surface area contributed by atoms with E-state index in [-0.39, 0.29) is 0 Å². The minimum absolute atomic E-state index is 0.904. The van der Waals surface area contributed by atoms with Gasteiger partial charge in [-0.1, -0.05) is 22.6 Å². The summed E-state index contributed by atoms with van der Waals surface area (Å²) < 4.78 is 1.03. The zero-order valence-corrected chi connectivity index (χ0v) is 9.70. The molecule has 3 rings (SSSR count). The highest BCUT2D eigenvalue weighted by atomic mass is 127. The topological polar surface area (TPSA) is 3.24 Å². The summed E-state index contributed by atoms with van der Waals surface area (Å²) in [5.41, 5.74) is 0. The Morgan fingerprint density at radius 3 is 2.33 bits per heavy atom. The van der Waals surface area contributed by atoms with Crippen LogP contribution in [0.1, 0.15) is 19.8 Å². The molecule has 0 radical (unpaired) electrons. The van der Waals surface area contributed by atoms with Crippen LogP contribution in [0.25, 0.3) is 0 Å². The van der Waals surface area contributed by atoms with Gasteiger partial charge in [0.25, 0.3) is 0 Å². The van der Waals surface area contributed by atoms with Gasteiger partial charge in [-0.05, 0) is 37.5 Å². The first kappa shape index (κ1) is 8.04. The lowest BCUT2D eigenvalue weighted by atomic mass is 10.2. The Hall–Kier alpha value is 0.690. The van der Waals surface area contributed by atoms with E-state index in [1.165, 1.54) is 25.9 Å². The summed E-state index contributed by atoms with van der Waals surface area (Å²) in [6, 6.07) is 0.904. The first-order valence-corrected chi connectivity index (χ1v) is 6.40. The molecule has 0 amide bonds. The molecule has 0 aromatic carbocycles. The summed E-state index contributed by atoms with van der Waals surface area (Å²) in [6.45, 7) is 5.26. The second-order valence-corrected chi connectivity index (χ2v) is 6.24. The number of hydrogen-bond acceptors (Lipinski definition) is 1. The number of nitrogens with zero attached hydrogens (tertiary/aromatic N) is 1. The van der Waals surface area contributed by atoms with Crippen LogP contribution >= 0.6 is 22.6 Å². The van der Waals surface area contributed by atoms with Gasteiger partial charge < -0.3 is 0 Å². The van der Waals surface area contributed by atoms with Crippen molar-refractivity contribution in [1.82, 2.24) is 4.90 Å². The molecule has 1 saturated heterocycles. The number of piperidine rings is 1. The second kappa shape index (κ2) is 2.59. The van der Waals surface area contributed by atoms with Crippen molar-refractivity contribution >= 4 is 22.6 Å². The van der Waals surface area contributed by atoms with E-state index in [9.17, 15) is 0 Å². The number of likely N-dealkylation sites (tertiary alicyclic amines) is 1. The molecular formula is C10H16IN. The highest BCUT2D eigenvalue weighted by Crippen LogP contribution is 2.52. The number of halogens is 1. The Morgan fingerprint density at radius 1 is 1.25 bits per heavy atom. The van der Waals surface area contributed by atoms with E-state index in [1.807, 2.05) is 0 Å². The normalized spacial score (nSPS) is 49.0. The summed E-state index contributed by atoms with van der Waals surface area (Å²) in [5, 5.41) is 0. The molecule has 0 aromatic rings. The SMILES string of the molecule is CC(C1CC1)N1C[C@@H]2C(I)[C@@H]2C1. The maximum absolute atomic E-state index is 2.74. The molecule has 12 heavy (non-hydrogen) atoms. The van der Waals surface area contributed by atoms with Crippen molar-refractivity contribution in [2.24, 2.45) is 17.8 Å². The van der Waals surface area contributed by atoms with Crippen molar-refractivity contribution in [2.45, 2.75) is 29.7 Å². The molecule has 3 fully saturated rings. The lowest BCUT2D eigenvalue weighted by molar-refractivity contribution is 0.214. The molecular weight excluding hydrogens is 261 g/mol. The minimum atomic E-state index is 0.904. The predicted molar refractivity (Wildman–Crippen MR) is 58.5 cm³/mol. The highest BCUT2D eigenvalue weighted by molar-refractivity contribution is 14.1. The van der Waals surface area contributed by atoms with Gasteiger partial charge in [-0.3, -0.25) is 4.90 Å². The van der Waals surface area contributed by atoms with Gasteiger partial charge in [0.1, 0.15) is 0 Å². The van der Waals surface area contributed by atoms with Crippen molar-refractivity contribution in [2.75, 3.05) is 13.1 Å². The molecule has 0 bridgehead atoms. The largest absolute Gasteiger partial charge is 0.300 e. The summed E-state index contributed by atoms with van der Waals surface area (Å²) in [4.78, 5) is 2.74. The summed E-state index contributed by atoms with van der Waals surface area (Å²) in [6.07, 6.45) is 3.00. The zero-order valence-electron chi connectivity index (χ0n) is 7.54. The highest BCUT2D eigenvalue weighted by Gasteiger charge is 2.55. The average molecular weight is 277 g/mol. The van der Waals surface area contributed by atoms with Crippen LogP contribution in [0.5, 0.6) is 0 Å². The van der Waals surface area contributed by atoms with Crippen molar-refractivity contribution in [3.05, 3.63) is 0 Å². The van der Waals surface area contributed by atoms with Crippen molar-refractivity contribution in [1.29, 1.82) is 0 Å². The Morgan fingerprint density at radius 2 is 1.83 bits per heavy atom. The van der Waals surface area contributed by atoms with E-state index < -0.39 is 0 Å². The van der Waals surface area contributed by atoms with E-state index in [0.717, 1.165) is 27.7 Å². The second-order valence-electron chi connectivity index (χ2n) is 4.80. The number of rotatable bonds is 2. The molecule has 2 saturated carbocycles. The van der Waals surface area contributed by atoms with Gasteiger partial charge in [0, 0.05) is 23.1 Å². The quantitative estimate of drug-likeness (QED) is 0.552. The van der Waals surface area contributed by atoms with Crippen LogP contribution in [0.2, 0.25) is 0 Å². The first-order valence-electron chi connectivity index (χ1n) is 5.15. The monoisotopic (exact) mass is 277 g/mol. The van der Waals surface area contributed by atoms with Gasteiger partial charge in [0.15, 0.2) is 0 Å². The Kier molecular flexibility index (Phi) is 1.74. The van der Waals surface area contributed by atoms with Crippen molar-refractivity contribution in [3.63, 3.8) is 0 Å².